The van der Waals surface area contributed by atoms with Crippen LogP contribution in [0.1, 0.15) is 36.8 Å². The van der Waals surface area contributed by atoms with E-state index in [-0.39, 0.29) is 41.5 Å². The van der Waals surface area contributed by atoms with Crippen LogP contribution in [0, 0.1) is 36.0 Å². The van der Waals surface area contributed by atoms with Crippen LogP contribution in [0.25, 0.3) is 20.7 Å². The molecule has 4 amide bonds. The van der Waals surface area contributed by atoms with E-state index >= 15 is 0 Å². The lowest BCUT2D eigenvalue weighted by molar-refractivity contribution is -0.138. The number of aromatic hydroxyl groups is 1. The summed E-state index contributed by atoms with van der Waals surface area (Å²) in [5.74, 6) is -3.58. The Morgan fingerprint density at radius 1 is 1.02 bits per heavy atom. The number of benzene rings is 2. The Morgan fingerprint density at radius 2 is 1.79 bits per heavy atom. The number of hydrogen-bond donors (Lipinski definition) is 1. The minimum atomic E-state index is -1.24. The van der Waals surface area contributed by atoms with Crippen molar-refractivity contribution < 1.29 is 29.0 Å². The molecule has 2 saturated heterocycles. The third-order valence-electron chi connectivity index (χ3n) is 11.2. The van der Waals surface area contributed by atoms with Gasteiger partial charge < -0.3 is 9.84 Å². The molecule has 48 heavy (non-hydrogen) atoms. The molecule has 2 aromatic carbocycles. The number of carbonyl (C=O) groups excluding carboxylic acids is 4. The Labute approximate surface area is 285 Å². The van der Waals surface area contributed by atoms with Crippen LogP contribution in [-0.2, 0) is 26.2 Å². The third-order valence-corrected chi connectivity index (χ3v) is 12.8. The SMILES string of the molecule is COc1cc(C2C3=CCC4C(=O)N(C)C(=O)C4C3CC3C(=O)N(c4cc(-c5sc6ccc(Cl)cc6c5C)nn4C)C(=O)C32C)ccc1O. The number of ether oxygens (including phenoxy) is 1. The number of amides is 4. The second kappa shape index (κ2) is 10.5. The number of likely N-dealkylation sites (tertiary alicyclic amines) is 1. The zero-order valence-corrected chi connectivity index (χ0v) is 28.6. The predicted octanol–water partition coefficient (Wildman–Crippen LogP) is 5.84. The minimum Gasteiger partial charge on any atom is -0.504 e. The number of hydrogen-bond acceptors (Lipinski definition) is 8. The molecule has 2 aliphatic carbocycles. The van der Waals surface area contributed by atoms with E-state index in [1.54, 1.807) is 41.3 Å². The molecule has 6 atom stereocenters. The van der Waals surface area contributed by atoms with Crippen LogP contribution in [0.3, 0.4) is 0 Å². The van der Waals surface area contributed by atoms with E-state index in [4.69, 9.17) is 21.4 Å². The van der Waals surface area contributed by atoms with Crippen molar-refractivity contribution in [3.8, 4) is 22.1 Å². The van der Waals surface area contributed by atoms with Gasteiger partial charge in [-0.3, -0.25) is 28.8 Å². The lowest BCUT2D eigenvalue weighted by Gasteiger charge is -2.49. The standard InChI is InChI=1S/C36H33ClN4O6S/c1-16-21-13-18(37)7-11-27(21)48-31(16)24-15-28(40(4)38-24)41-33(44)23-14-22-19(8-9-20-29(22)34(45)39(3)32(20)43)30(36(23,2)35(41)46)17-6-10-25(42)26(12-17)47-5/h6-8,10-13,15,20,22-23,29-30,42H,9,14H2,1-5H3. The van der Waals surface area contributed by atoms with Crippen molar-refractivity contribution >= 4 is 62.5 Å². The fraction of sp³-hybridized carbons (Fsp3) is 0.361. The molecule has 0 radical (unpaired) electrons. The number of nitrogens with zero attached hydrogens (tertiary/aromatic N) is 4. The zero-order valence-electron chi connectivity index (χ0n) is 27.0. The first-order valence-corrected chi connectivity index (χ1v) is 17.1. The number of phenols is 1. The van der Waals surface area contributed by atoms with E-state index in [1.807, 2.05) is 38.1 Å². The summed E-state index contributed by atoms with van der Waals surface area (Å²) in [6, 6.07) is 12.5. The normalized spacial score (nSPS) is 28.2. The van der Waals surface area contributed by atoms with Gasteiger partial charge in [-0.1, -0.05) is 29.3 Å². The van der Waals surface area contributed by atoms with E-state index in [0.717, 1.165) is 26.1 Å². The first-order chi connectivity index (χ1) is 22.9. The fourth-order valence-electron chi connectivity index (χ4n) is 8.86. The number of aryl methyl sites for hydroxylation is 2. The highest BCUT2D eigenvalue weighted by molar-refractivity contribution is 7.22. The quantitative estimate of drug-likeness (QED) is 0.212. The Bertz CT molecular complexity index is 2150. The van der Waals surface area contributed by atoms with Crippen molar-refractivity contribution in [2.75, 3.05) is 19.1 Å². The summed E-state index contributed by atoms with van der Waals surface area (Å²) in [5, 5.41) is 16.9. The van der Waals surface area contributed by atoms with E-state index in [1.165, 1.54) is 30.0 Å². The van der Waals surface area contributed by atoms with Crippen molar-refractivity contribution in [3.05, 3.63) is 70.3 Å². The number of methoxy groups -OCH3 is 1. The number of allylic oxidation sites excluding steroid dienone is 2. The van der Waals surface area contributed by atoms with Gasteiger partial charge in [-0.25, -0.2) is 4.90 Å². The predicted molar refractivity (Wildman–Crippen MR) is 181 cm³/mol. The lowest BCUT2D eigenvalue weighted by atomic mass is 9.51. The average Bonchev–Trinajstić information content (AvgIpc) is 3.72. The summed E-state index contributed by atoms with van der Waals surface area (Å²) in [5.41, 5.74) is 1.97. The molecule has 4 aliphatic rings. The maximum atomic E-state index is 14.9. The molecule has 1 saturated carbocycles. The topological polar surface area (TPSA) is 122 Å². The number of carbonyl (C=O) groups is 4. The molecule has 6 unspecified atom stereocenters. The van der Waals surface area contributed by atoms with Gasteiger partial charge in [0.15, 0.2) is 11.5 Å². The molecule has 4 heterocycles. The third kappa shape index (κ3) is 4.00. The summed E-state index contributed by atoms with van der Waals surface area (Å²) >= 11 is 7.86. The molecule has 12 heteroatoms. The molecule has 3 fully saturated rings. The molecule has 8 rings (SSSR count). The highest BCUT2D eigenvalue weighted by atomic mass is 35.5. The van der Waals surface area contributed by atoms with E-state index in [0.29, 0.717) is 28.5 Å². The van der Waals surface area contributed by atoms with Gasteiger partial charge in [0.1, 0.15) is 11.5 Å². The van der Waals surface area contributed by atoms with Crippen molar-refractivity contribution in [1.29, 1.82) is 0 Å². The van der Waals surface area contributed by atoms with Gasteiger partial charge in [0.05, 0.1) is 35.2 Å². The Kier molecular flexibility index (Phi) is 6.75. The second-order valence-electron chi connectivity index (χ2n) is 13.5. The Balaban J connectivity index is 1.26. The molecule has 0 spiro atoms. The monoisotopic (exact) mass is 684 g/mol. The summed E-state index contributed by atoms with van der Waals surface area (Å²) in [6.07, 6.45) is 2.62. The van der Waals surface area contributed by atoms with E-state index < -0.39 is 35.0 Å². The summed E-state index contributed by atoms with van der Waals surface area (Å²) < 4.78 is 8.07. The number of phenolic OH excluding ortho intramolecular Hbond substituents is 1. The van der Waals surface area contributed by atoms with Crippen molar-refractivity contribution in [2.45, 2.75) is 32.6 Å². The highest BCUT2D eigenvalue weighted by Gasteiger charge is 2.67. The minimum absolute atomic E-state index is 0.0529. The molecule has 1 N–H and O–H groups in total. The number of rotatable bonds is 4. The molecule has 10 nitrogen and oxygen atoms in total. The number of aromatic nitrogens is 2. The maximum absolute atomic E-state index is 14.9. The van der Waals surface area contributed by atoms with E-state index in [9.17, 15) is 24.3 Å². The number of thiophene rings is 1. The number of anilines is 1. The summed E-state index contributed by atoms with van der Waals surface area (Å²) in [7, 11) is 4.68. The number of fused-ring (bicyclic) bond motifs is 5. The van der Waals surface area contributed by atoms with Gasteiger partial charge in [-0.15, -0.1) is 11.3 Å². The van der Waals surface area contributed by atoms with Crippen LogP contribution in [0.2, 0.25) is 5.02 Å². The molecule has 0 bridgehead atoms. The van der Waals surface area contributed by atoms with Crippen molar-refractivity contribution in [1.82, 2.24) is 14.7 Å². The van der Waals surface area contributed by atoms with Crippen LogP contribution < -0.4 is 9.64 Å². The highest BCUT2D eigenvalue weighted by Crippen LogP contribution is 2.64. The van der Waals surface area contributed by atoms with Gasteiger partial charge in [-0.05, 0) is 79.5 Å². The Hall–Kier alpha value is -4.48. The van der Waals surface area contributed by atoms with Crippen LogP contribution in [0.15, 0.2) is 54.1 Å². The van der Waals surface area contributed by atoms with Crippen LogP contribution in [0.5, 0.6) is 11.5 Å². The first-order valence-electron chi connectivity index (χ1n) is 15.9. The molecule has 4 aromatic rings. The van der Waals surface area contributed by atoms with Gasteiger partial charge in [0.25, 0.3) is 0 Å². The molecular weight excluding hydrogens is 652 g/mol. The van der Waals surface area contributed by atoms with Crippen LogP contribution in [-0.4, -0.2) is 57.6 Å². The van der Waals surface area contributed by atoms with Gasteiger partial charge in [0.2, 0.25) is 23.6 Å². The zero-order chi connectivity index (χ0) is 34.0. The largest absolute Gasteiger partial charge is 0.504 e. The summed E-state index contributed by atoms with van der Waals surface area (Å²) in [6.45, 7) is 3.84. The smallest absolute Gasteiger partial charge is 0.242 e. The Morgan fingerprint density at radius 3 is 2.54 bits per heavy atom. The lowest BCUT2D eigenvalue weighted by Crippen LogP contribution is -2.48. The molecule has 246 valence electrons. The number of halogens is 1. The summed E-state index contributed by atoms with van der Waals surface area (Å²) in [4.78, 5) is 59.5. The second-order valence-corrected chi connectivity index (χ2v) is 15.0. The van der Waals surface area contributed by atoms with Gasteiger partial charge >= 0.3 is 0 Å². The number of imide groups is 2. The maximum Gasteiger partial charge on any atom is 0.242 e. The van der Waals surface area contributed by atoms with E-state index in [2.05, 4.69) is 0 Å². The average molecular weight is 685 g/mol. The van der Waals surface area contributed by atoms with Gasteiger partial charge in [-0.2, -0.15) is 5.10 Å². The molecular formula is C36H33ClN4O6S. The fourth-order valence-corrected chi connectivity index (χ4v) is 10.2. The van der Waals surface area contributed by atoms with Crippen LogP contribution in [0.4, 0.5) is 5.82 Å². The molecule has 2 aliphatic heterocycles. The van der Waals surface area contributed by atoms with Gasteiger partial charge in [0, 0.05) is 35.8 Å². The van der Waals surface area contributed by atoms with Crippen molar-refractivity contribution in [3.63, 3.8) is 0 Å². The van der Waals surface area contributed by atoms with Crippen LogP contribution >= 0.6 is 22.9 Å². The first kappa shape index (κ1) is 30.8. The molecule has 2 aromatic heterocycles. The van der Waals surface area contributed by atoms with Crippen molar-refractivity contribution in [2.24, 2.45) is 36.1 Å².